The molecule has 0 saturated carbocycles. The maximum atomic E-state index is 5.76. The zero-order valence-corrected chi connectivity index (χ0v) is 11.3. The SMILES string of the molecule is COc1ccc2[nH]c(Cc3ccccc3CN)nc2n1. The molecular weight excluding hydrogens is 252 g/mol. The predicted octanol–water partition coefficient (Wildman–Crippen LogP) is 2.02. The first-order valence-corrected chi connectivity index (χ1v) is 6.46. The van der Waals surface area contributed by atoms with Gasteiger partial charge in [0.05, 0.1) is 12.6 Å². The molecule has 2 heterocycles. The van der Waals surface area contributed by atoms with Gasteiger partial charge >= 0.3 is 0 Å². The van der Waals surface area contributed by atoms with Crippen molar-refractivity contribution < 1.29 is 4.74 Å². The number of aromatic nitrogens is 3. The van der Waals surface area contributed by atoms with Crippen molar-refractivity contribution in [2.24, 2.45) is 5.73 Å². The maximum absolute atomic E-state index is 5.76. The van der Waals surface area contributed by atoms with E-state index in [2.05, 4.69) is 21.0 Å². The number of hydrogen-bond acceptors (Lipinski definition) is 4. The molecule has 5 heteroatoms. The van der Waals surface area contributed by atoms with Crippen molar-refractivity contribution in [3.8, 4) is 5.88 Å². The summed E-state index contributed by atoms with van der Waals surface area (Å²) in [5, 5.41) is 0. The zero-order chi connectivity index (χ0) is 13.9. The number of nitrogens with zero attached hydrogens (tertiary/aromatic N) is 2. The maximum Gasteiger partial charge on any atom is 0.215 e. The van der Waals surface area contributed by atoms with Crippen LogP contribution in [0.2, 0.25) is 0 Å². The number of H-pyrrole nitrogens is 1. The molecule has 3 rings (SSSR count). The van der Waals surface area contributed by atoms with Crippen molar-refractivity contribution in [1.82, 2.24) is 15.0 Å². The number of fused-ring (bicyclic) bond motifs is 1. The Kier molecular flexibility index (Phi) is 3.35. The van der Waals surface area contributed by atoms with E-state index in [1.165, 1.54) is 5.56 Å². The topological polar surface area (TPSA) is 76.8 Å². The van der Waals surface area contributed by atoms with Crippen LogP contribution in [-0.2, 0) is 13.0 Å². The van der Waals surface area contributed by atoms with Crippen LogP contribution in [0.5, 0.6) is 5.88 Å². The molecule has 0 saturated heterocycles. The molecule has 0 fully saturated rings. The number of nitrogens with two attached hydrogens (primary N) is 1. The normalized spacial score (nSPS) is 10.9. The van der Waals surface area contributed by atoms with Crippen LogP contribution in [0, 0.1) is 0 Å². The highest BCUT2D eigenvalue weighted by atomic mass is 16.5. The molecule has 0 aliphatic rings. The van der Waals surface area contributed by atoms with Gasteiger partial charge in [0.15, 0.2) is 5.65 Å². The Morgan fingerprint density at radius 2 is 1.90 bits per heavy atom. The van der Waals surface area contributed by atoms with Gasteiger partial charge in [-0.1, -0.05) is 24.3 Å². The Bertz CT molecular complexity index is 736. The molecule has 2 aromatic heterocycles. The fourth-order valence-corrected chi connectivity index (χ4v) is 2.23. The molecule has 0 atom stereocenters. The van der Waals surface area contributed by atoms with Crippen molar-refractivity contribution in [3.05, 3.63) is 53.3 Å². The number of ether oxygens (including phenoxy) is 1. The second-order valence-corrected chi connectivity index (χ2v) is 4.56. The van der Waals surface area contributed by atoms with Crippen LogP contribution in [0.3, 0.4) is 0 Å². The van der Waals surface area contributed by atoms with Crippen LogP contribution in [-0.4, -0.2) is 22.1 Å². The second kappa shape index (κ2) is 5.30. The van der Waals surface area contributed by atoms with E-state index in [1.807, 2.05) is 30.3 Å². The average Bonchev–Trinajstić information content (AvgIpc) is 2.89. The Hall–Kier alpha value is -2.40. The van der Waals surface area contributed by atoms with Crippen LogP contribution >= 0.6 is 0 Å². The van der Waals surface area contributed by atoms with Gasteiger partial charge in [0.2, 0.25) is 5.88 Å². The van der Waals surface area contributed by atoms with Gasteiger partial charge in [-0.3, -0.25) is 0 Å². The molecule has 1 aromatic carbocycles. The number of rotatable bonds is 4. The molecule has 0 aliphatic carbocycles. The van der Waals surface area contributed by atoms with E-state index in [4.69, 9.17) is 10.5 Å². The van der Waals surface area contributed by atoms with Crippen molar-refractivity contribution in [2.45, 2.75) is 13.0 Å². The lowest BCUT2D eigenvalue weighted by Crippen LogP contribution is -2.02. The standard InChI is InChI=1S/C15H16N4O/c1-20-14-7-6-12-15(19-14)18-13(17-12)8-10-4-2-3-5-11(10)9-16/h2-7H,8-9,16H2,1H3,(H,17,18,19). The number of benzene rings is 1. The number of methoxy groups -OCH3 is 1. The summed E-state index contributed by atoms with van der Waals surface area (Å²) >= 11 is 0. The molecule has 0 unspecified atom stereocenters. The summed E-state index contributed by atoms with van der Waals surface area (Å²) in [4.78, 5) is 12.1. The third-order valence-electron chi connectivity index (χ3n) is 3.27. The minimum atomic E-state index is 0.530. The summed E-state index contributed by atoms with van der Waals surface area (Å²) in [6.07, 6.45) is 0.714. The third kappa shape index (κ3) is 2.35. The van der Waals surface area contributed by atoms with E-state index in [1.54, 1.807) is 7.11 Å². The van der Waals surface area contributed by atoms with Crippen LogP contribution in [0.15, 0.2) is 36.4 Å². The minimum Gasteiger partial charge on any atom is -0.481 e. The van der Waals surface area contributed by atoms with Gasteiger partial charge in [-0.15, -0.1) is 0 Å². The van der Waals surface area contributed by atoms with Crippen molar-refractivity contribution >= 4 is 11.2 Å². The first-order valence-electron chi connectivity index (χ1n) is 6.46. The molecular formula is C15H16N4O. The lowest BCUT2D eigenvalue weighted by molar-refractivity contribution is 0.399. The molecule has 102 valence electrons. The van der Waals surface area contributed by atoms with E-state index < -0.39 is 0 Å². The monoisotopic (exact) mass is 268 g/mol. The van der Waals surface area contributed by atoms with Crippen molar-refractivity contribution in [2.75, 3.05) is 7.11 Å². The molecule has 3 N–H and O–H groups in total. The van der Waals surface area contributed by atoms with E-state index in [0.717, 1.165) is 16.9 Å². The van der Waals surface area contributed by atoms with Gasteiger partial charge in [0.25, 0.3) is 0 Å². The van der Waals surface area contributed by atoms with Gasteiger partial charge in [0, 0.05) is 19.0 Å². The Balaban J connectivity index is 1.94. The van der Waals surface area contributed by atoms with Gasteiger partial charge < -0.3 is 15.5 Å². The van der Waals surface area contributed by atoms with Crippen molar-refractivity contribution in [3.63, 3.8) is 0 Å². The Morgan fingerprint density at radius 3 is 2.65 bits per heavy atom. The summed E-state index contributed by atoms with van der Waals surface area (Å²) in [7, 11) is 1.60. The van der Waals surface area contributed by atoms with Gasteiger partial charge in [0.1, 0.15) is 5.82 Å². The molecule has 0 bridgehead atoms. The number of nitrogens with one attached hydrogen (secondary N) is 1. The van der Waals surface area contributed by atoms with E-state index in [-0.39, 0.29) is 0 Å². The quantitative estimate of drug-likeness (QED) is 0.759. The fourth-order valence-electron chi connectivity index (χ4n) is 2.23. The first-order chi connectivity index (χ1) is 9.80. The Labute approximate surface area is 116 Å². The number of imidazole rings is 1. The smallest absolute Gasteiger partial charge is 0.215 e. The molecule has 0 aliphatic heterocycles. The van der Waals surface area contributed by atoms with Gasteiger partial charge in [-0.05, 0) is 17.2 Å². The summed E-state index contributed by atoms with van der Waals surface area (Å²) in [5.41, 5.74) is 9.66. The molecule has 20 heavy (non-hydrogen) atoms. The average molecular weight is 268 g/mol. The lowest BCUT2D eigenvalue weighted by atomic mass is 10.0. The van der Waals surface area contributed by atoms with Crippen LogP contribution in [0.4, 0.5) is 0 Å². The second-order valence-electron chi connectivity index (χ2n) is 4.56. The highest BCUT2D eigenvalue weighted by molar-refractivity contribution is 5.71. The summed E-state index contributed by atoms with van der Waals surface area (Å²) in [6.45, 7) is 0.530. The van der Waals surface area contributed by atoms with Gasteiger partial charge in [-0.25, -0.2) is 4.98 Å². The minimum absolute atomic E-state index is 0.530. The highest BCUT2D eigenvalue weighted by Gasteiger charge is 2.08. The lowest BCUT2D eigenvalue weighted by Gasteiger charge is -2.04. The number of pyridine rings is 1. The highest BCUT2D eigenvalue weighted by Crippen LogP contribution is 2.17. The third-order valence-corrected chi connectivity index (χ3v) is 3.27. The largest absolute Gasteiger partial charge is 0.481 e. The number of aromatic amines is 1. The van der Waals surface area contributed by atoms with E-state index in [0.29, 0.717) is 24.5 Å². The fraction of sp³-hybridized carbons (Fsp3) is 0.200. The molecule has 0 radical (unpaired) electrons. The van der Waals surface area contributed by atoms with Crippen molar-refractivity contribution in [1.29, 1.82) is 0 Å². The van der Waals surface area contributed by atoms with Crippen LogP contribution in [0.1, 0.15) is 17.0 Å². The van der Waals surface area contributed by atoms with Crippen LogP contribution < -0.4 is 10.5 Å². The molecule has 0 amide bonds. The Morgan fingerprint density at radius 1 is 1.10 bits per heavy atom. The molecule has 5 nitrogen and oxygen atoms in total. The van der Waals surface area contributed by atoms with Gasteiger partial charge in [-0.2, -0.15) is 4.98 Å². The van der Waals surface area contributed by atoms with E-state index >= 15 is 0 Å². The van der Waals surface area contributed by atoms with E-state index in [9.17, 15) is 0 Å². The number of hydrogen-bond donors (Lipinski definition) is 2. The molecule has 3 aromatic rings. The zero-order valence-electron chi connectivity index (χ0n) is 11.3. The predicted molar refractivity (Wildman–Crippen MR) is 77.6 cm³/mol. The van der Waals surface area contributed by atoms with Crippen LogP contribution in [0.25, 0.3) is 11.2 Å². The molecule has 0 spiro atoms. The summed E-state index contributed by atoms with van der Waals surface area (Å²) < 4.78 is 5.10. The summed E-state index contributed by atoms with van der Waals surface area (Å²) in [5.74, 6) is 1.44. The summed E-state index contributed by atoms with van der Waals surface area (Å²) in [6, 6.07) is 11.9. The first kappa shape index (κ1) is 12.6.